The van der Waals surface area contributed by atoms with Gasteiger partial charge in [-0.15, -0.1) is 6.58 Å². The zero-order valence-electron chi connectivity index (χ0n) is 11.5. The van der Waals surface area contributed by atoms with E-state index in [0.717, 1.165) is 16.8 Å². The van der Waals surface area contributed by atoms with Crippen LogP contribution >= 0.6 is 0 Å². The van der Waals surface area contributed by atoms with Crippen molar-refractivity contribution in [2.24, 2.45) is 0 Å². The molecule has 0 amide bonds. The highest BCUT2D eigenvalue weighted by Gasteiger charge is 2.22. The SMILES string of the molecule is C=CCN(c1c(C)cc(C)cc1C)C(C)C(=O)O. The molecule has 0 radical (unpaired) electrons. The summed E-state index contributed by atoms with van der Waals surface area (Å²) in [5.74, 6) is -0.823. The van der Waals surface area contributed by atoms with Gasteiger partial charge in [-0.25, -0.2) is 4.79 Å². The molecule has 3 heteroatoms. The standard InChI is InChI=1S/C15H21NO2/c1-6-7-16(13(5)15(17)18)14-11(3)8-10(2)9-12(14)4/h6,8-9,13H,1,7H2,2-5H3,(H,17,18). The second kappa shape index (κ2) is 5.71. The summed E-state index contributed by atoms with van der Waals surface area (Å²) in [5.41, 5.74) is 4.38. The van der Waals surface area contributed by atoms with Crippen LogP contribution in [0.2, 0.25) is 0 Å². The molecule has 1 N–H and O–H groups in total. The Balaban J connectivity index is 3.29. The van der Waals surface area contributed by atoms with Crippen molar-refractivity contribution in [3.05, 3.63) is 41.5 Å². The summed E-state index contributed by atoms with van der Waals surface area (Å²) in [7, 11) is 0. The molecule has 0 bridgehead atoms. The van der Waals surface area contributed by atoms with Crippen molar-refractivity contribution in [2.45, 2.75) is 33.7 Å². The quantitative estimate of drug-likeness (QED) is 0.813. The predicted molar refractivity (Wildman–Crippen MR) is 75.3 cm³/mol. The van der Waals surface area contributed by atoms with E-state index in [9.17, 15) is 9.90 Å². The maximum Gasteiger partial charge on any atom is 0.326 e. The fourth-order valence-corrected chi connectivity index (χ4v) is 2.34. The molecule has 1 rings (SSSR count). The van der Waals surface area contributed by atoms with E-state index in [2.05, 4.69) is 18.7 Å². The van der Waals surface area contributed by atoms with Crippen LogP contribution in [0.25, 0.3) is 0 Å². The third-order valence-electron chi connectivity index (χ3n) is 3.07. The lowest BCUT2D eigenvalue weighted by Crippen LogP contribution is -2.40. The van der Waals surface area contributed by atoms with Gasteiger partial charge in [0.1, 0.15) is 6.04 Å². The van der Waals surface area contributed by atoms with Gasteiger partial charge < -0.3 is 10.0 Å². The maximum absolute atomic E-state index is 11.2. The Morgan fingerprint density at radius 3 is 2.28 bits per heavy atom. The van der Waals surface area contributed by atoms with Crippen LogP contribution in [0, 0.1) is 20.8 Å². The zero-order valence-corrected chi connectivity index (χ0v) is 11.5. The van der Waals surface area contributed by atoms with Gasteiger partial charge in [0.2, 0.25) is 0 Å². The molecule has 0 aliphatic rings. The number of aryl methyl sites for hydroxylation is 3. The summed E-state index contributed by atoms with van der Waals surface area (Å²) in [5, 5.41) is 9.20. The van der Waals surface area contributed by atoms with Crippen molar-refractivity contribution in [3.63, 3.8) is 0 Å². The van der Waals surface area contributed by atoms with Crippen molar-refractivity contribution in [1.82, 2.24) is 0 Å². The lowest BCUT2D eigenvalue weighted by atomic mass is 10.0. The van der Waals surface area contributed by atoms with Crippen molar-refractivity contribution in [2.75, 3.05) is 11.4 Å². The Kier molecular flexibility index (Phi) is 4.54. The highest BCUT2D eigenvalue weighted by Crippen LogP contribution is 2.28. The largest absolute Gasteiger partial charge is 0.480 e. The second-order valence-electron chi connectivity index (χ2n) is 4.70. The van der Waals surface area contributed by atoms with Gasteiger partial charge in [0.15, 0.2) is 0 Å². The molecule has 0 heterocycles. The highest BCUT2D eigenvalue weighted by atomic mass is 16.4. The Hall–Kier alpha value is -1.77. The molecular formula is C15H21NO2. The van der Waals surface area contributed by atoms with Gasteiger partial charge in [-0.1, -0.05) is 23.8 Å². The van der Waals surface area contributed by atoms with E-state index in [0.29, 0.717) is 6.54 Å². The number of hydrogen-bond donors (Lipinski definition) is 1. The molecule has 0 aliphatic heterocycles. The second-order valence-corrected chi connectivity index (χ2v) is 4.70. The van der Waals surface area contributed by atoms with Crippen LogP contribution in [0.3, 0.4) is 0 Å². The molecular weight excluding hydrogens is 226 g/mol. The molecule has 18 heavy (non-hydrogen) atoms. The number of rotatable bonds is 5. The first-order valence-electron chi connectivity index (χ1n) is 6.06. The monoisotopic (exact) mass is 247 g/mol. The summed E-state index contributed by atoms with van der Waals surface area (Å²) in [6, 6.07) is 3.59. The van der Waals surface area contributed by atoms with Crippen LogP contribution in [0.1, 0.15) is 23.6 Å². The normalized spacial score (nSPS) is 12.0. The van der Waals surface area contributed by atoms with E-state index in [1.807, 2.05) is 25.7 Å². The van der Waals surface area contributed by atoms with E-state index < -0.39 is 12.0 Å². The Labute approximate surface area is 109 Å². The zero-order chi connectivity index (χ0) is 13.9. The van der Waals surface area contributed by atoms with Crippen molar-refractivity contribution >= 4 is 11.7 Å². The lowest BCUT2D eigenvalue weighted by molar-refractivity contribution is -0.138. The number of nitrogens with zero attached hydrogens (tertiary/aromatic N) is 1. The molecule has 0 spiro atoms. The summed E-state index contributed by atoms with van der Waals surface area (Å²) in [4.78, 5) is 13.1. The van der Waals surface area contributed by atoms with Crippen LogP contribution in [0.4, 0.5) is 5.69 Å². The number of benzene rings is 1. The van der Waals surface area contributed by atoms with Crippen molar-refractivity contribution < 1.29 is 9.90 Å². The summed E-state index contributed by atoms with van der Waals surface area (Å²) >= 11 is 0. The fourth-order valence-electron chi connectivity index (χ4n) is 2.34. The van der Waals surface area contributed by atoms with E-state index in [-0.39, 0.29) is 0 Å². The van der Waals surface area contributed by atoms with Crippen LogP contribution in [-0.2, 0) is 4.79 Å². The minimum atomic E-state index is -0.823. The molecule has 0 saturated heterocycles. The number of carbonyl (C=O) groups is 1. The van der Waals surface area contributed by atoms with Crippen molar-refractivity contribution in [1.29, 1.82) is 0 Å². The molecule has 0 fully saturated rings. The van der Waals surface area contributed by atoms with Gasteiger partial charge in [-0.2, -0.15) is 0 Å². The minimum absolute atomic E-state index is 0.526. The maximum atomic E-state index is 11.2. The van der Waals surface area contributed by atoms with E-state index in [1.54, 1.807) is 13.0 Å². The average molecular weight is 247 g/mol. The third kappa shape index (κ3) is 2.92. The number of carboxylic acids is 1. The highest BCUT2D eigenvalue weighted by molar-refractivity contribution is 5.79. The smallest absolute Gasteiger partial charge is 0.326 e. The minimum Gasteiger partial charge on any atom is -0.480 e. The molecule has 0 aromatic heterocycles. The van der Waals surface area contributed by atoms with Gasteiger partial charge in [0, 0.05) is 12.2 Å². The van der Waals surface area contributed by atoms with Crippen LogP contribution < -0.4 is 4.90 Å². The summed E-state index contributed by atoms with van der Waals surface area (Å²) < 4.78 is 0. The average Bonchev–Trinajstić information content (AvgIpc) is 2.25. The van der Waals surface area contributed by atoms with Gasteiger partial charge in [0.25, 0.3) is 0 Å². The fraction of sp³-hybridized carbons (Fsp3) is 0.400. The summed E-state index contributed by atoms with van der Waals surface area (Å²) in [6.07, 6.45) is 1.73. The Morgan fingerprint density at radius 2 is 1.89 bits per heavy atom. The number of hydrogen-bond acceptors (Lipinski definition) is 2. The Morgan fingerprint density at radius 1 is 1.39 bits per heavy atom. The predicted octanol–water partition coefficient (Wildman–Crippen LogP) is 3.08. The molecule has 1 atom stereocenters. The molecule has 1 aromatic carbocycles. The summed E-state index contributed by atoms with van der Waals surface area (Å²) in [6.45, 7) is 12.0. The molecule has 1 unspecified atom stereocenters. The number of carboxylic acid groups (broad SMARTS) is 1. The third-order valence-corrected chi connectivity index (χ3v) is 3.07. The molecule has 1 aromatic rings. The van der Waals surface area contributed by atoms with Gasteiger partial charge in [-0.05, 0) is 38.8 Å². The molecule has 0 saturated carbocycles. The van der Waals surface area contributed by atoms with Crippen molar-refractivity contribution in [3.8, 4) is 0 Å². The van der Waals surface area contributed by atoms with E-state index in [4.69, 9.17) is 0 Å². The number of aliphatic carboxylic acids is 1. The van der Waals surface area contributed by atoms with E-state index in [1.165, 1.54) is 5.56 Å². The number of anilines is 1. The first-order valence-corrected chi connectivity index (χ1v) is 6.06. The van der Waals surface area contributed by atoms with Gasteiger partial charge >= 0.3 is 5.97 Å². The van der Waals surface area contributed by atoms with E-state index >= 15 is 0 Å². The molecule has 98 valence electrons. The van der Waals surface area contributed by atoms with Crippen LogP contribution in [0.15, 0.2) is 24.8 Å². The molecule has 0 aliphatic carbocycles. The van der Waals surface area contributed by atoms with Crippen LogP contribution in [0.5, 0.6) is 0 Å². The first kappa shape index (κ1) is 14.3. The molecule has 3 nitrogen and oxygen atoms in total. The topological polar surface area (TPSA) is 40.5 Å². The first-order chi connectivity index (χ1) is 8.38. The van der Waals surface area contributed by atoms with Gasteiger partial charge in [-0.3, -0.25) is 0 Å². The van der Waals surface area contributed by atoms with Crippen LogP contribution in [-0.4, -0.2) is 23.7 Å². The van der Waals surface area contributed by atoms with Gasteiger partial charge in [0.05, 0.1) is 0 Å². The Bertz CT molecular complexity index is 443. The lowest BCUT2D eigenvalue weighted by Gasteiger charge is -2.30.